The van der Waals surface area contributed by atoms with Crippen molar-refractivity contribution in [1.82, 2.24) is 15.0 Å². The Bertz CT molecular complexity index is 621. The van der Waals surface area contributed by atoms with Gasteiger partial charge in [0, 0.05) is 42.8 Å². The van der Waals surface area contributed by atoms with Crippen LogP contribution in [0.15, 0.2) is 30.6 Å². The van der Waals surface area contributed by atoms with Crippen LogP contribution in [0.4, 0.5) is 5.82 Å². The fourth-order valence-corrected chi connectivity index (χ4v) is 3.06. The van der Waals surface area contributed by atoms with E-state index >= 15 is 0 Å². The first kappa shape index (κ1) is 15.9. The van der Waals surface area contributed by atoms with Crippen LogP contribution in [0.1, 0.15) is 31.9 Å². The summed E-state index contributed by atoms with van der Waals surface area (Å²) in [4.78, 5) is 16.0. The van der Waals surface area contributed by atoms with Gasteiger partial charge in [-0.25, -0.2) is 9.97 Å². The third-order valence-corrected chi connectivity index (χ3v) is 4.48. The Hall–Kier alpha value is -2.01. The van der Waals surface area contributed by atoms with Crippen molar-refractivity contribution in [2.45, 2.75) is 32.6 Å². The number of anilines is 1. The van der Waals surface area contributed by atoms with E-state index < -0.39 is 0 Å². The van der Waals surface area contributed by atoms with E-state index in [9.17, 15) is 0 Å². The molecule has 3 rings (SSSR count). The molecule has 0 amide bonds. The Morgan fingerprint density at radius 2 is 1.91 bits per heavy atom. The van der Waals surface area contributed by atoms with E-state index in [-0.39, 0.29) is 0 Å². The summed E-state index contributed by atoms with van der Waals surface area (Å²) in [5, 5.41) is 0. The summed E-state index contributed by atoms with van der Waals surface area (Å²) < 4.78 is 0. The molecule has 2 aromatic heterocycles. The average Bonchev–Trinajstić information content (AvgIpc) is 2.62. The summed E-state index contributed by atoms with van der Waals surface area (Å²) in [6, 6.07) is 6.09. The zero-order chi connectivity index (χ0) is 16.1. The molecule has 5 nitrogen and oxygen atoms in total. The van der Waals surface area contributed by atoms with Crippen molar-refractivity contribution in [3.63, 3.8) is 0 Å². The number of aromatic nitrogens is 3. The van der Waals surface area contributed by atoms with Gasteiger partial charge in [0.25, 0.3) is 0 Å². The predicted octanol–water partition coefficient (Wildman–Crippen LogP) is 2.67. The van der Waals surface area contributed by atoms with E-state index in [1.54, 1.807) is 12.4 Å². The van der Waals surface area contributed by atoms with E-state index in [0.717, 1.165) is 68.2 Å². The van der Waals surface area contributed by atoms with Crippen LogP contribution in [0.25, 0.3) is 11.4 Å². The normalized spacial score (nSPS) is 15.8. The highest BCUT2D eigenvalue weighted by atomic mass is 15.2. The van der Waals surface area contributed by atoms with Crippen molar-refractivity contribution in [3.05, 3.63) is 36.3 Å². The first-order valence-electron chi connectivity index (χ1n) is 8.53. The van der Waals surface area contributed by atoms with Gasteiger partial charge >= 0.3 is 0 Å². The Morgan fingerprint density at radius 3 is 2.57 bits per heavy atom. The number of hydrogen-bond donors (Lipinski definition) is 1. The highest BCUT2D eigenvalue weighted by Gasteiger charge is 2.20. The van der Waals surface area contributed by atoms with E-state index in [4.69, 9.17) is 15.7 Å². The van der Waals surface area contributed by atoms with Gasteiger partial charge < -0.3 is 10.6 Å². The number of nitrogens with two attached hydrogens (primary N) is 1. The summed E-state index contributed by atoms with van der Waals surface area (Å²) in [5.74, 6) is 2.50. The number of piperidine rings is 1. The van der Waals surface area contributed by atoms with Gasteiger partial charge in [0.15, 0.2) is 5.82 Å². The zero-order valence-corrected chi connectivity index (χ0v) is 13.8. The monoisotopic (exact) mass is 311 g/mol. The number of nitrogens with zero attached hydrogens (tertiary/aromatic N) is 4. The SMILES string of the molecule is CCCc1cc(N2CCC(CN)CC2)nc(-c2ccncc2)n1. The third kappa shape index (κ3) is 3.85. The summed E-state index contributed by atoms with van der Waals surface area (Å²) in [5.41, 5.74) is 7.94. The third-order valence-electron chi connectivity index (χ3n) is 4.48. The van der Waals surface area contributed by atoms with Crippen molar-refractivity contribution >= 4 is 5.82 Å². The van der Waals surface area contributed by atoms with Crippen LogP contribution in [0.2, 0.25) is 0 Å². The molecule has 23 heavy (non-hydrogen) atoms. The molecule has 0 saturated carbocycles. The van der Waals surface area contributed by atoms with E-state index in [1.165, 1.54) is 0 Å². The molecular formula is C18H25N5. The molecule has 2 aromatic rings. The number of rotatable bonds is 5. The van der Waals surface area contributed by atoms with Gasteiger partial charge in [-0.3, -0.25) is 4.98 Å². The Kier molecular flexibility index (Phi) is 5.18. The Balaban J connectivity index is 1.89. The van der Waals surface area contributed by atoms with Crippen LogP contribution in [-0.2, 0) is 6.42 Å². The van der Waals surface area contributed by atoms with Gasteiger partial charge in [-0.05, 0) is 43.9 Å². The van der Waals surface area contributed by atoms with E-state index in [1.807, 2.05) is 12.1 Å². The summed E-state index contributed by atoms with van der Waals surface area (Å²) >= 11 is 0. The van der Waals surface area contributed by atoms with Crippen LogP contribution in [0.5, 0.6) is 0 Å². The molecule has 122 valence electrons. The largest absolute Gasteiger partial charge is 0.356 e. The molecule has 0 bridgehead atoms. The number of aryl methyl sites for hydroxylation is 1. The van der Waals surface area contributed by atoms with E-state index in [0.29, 0.717) is 5.92 Å². The first-order valence-corrected chi connectivity index (χ1v) is 8.53. The fraction of sp³-hybridized carbons (Fsp3) is 0.500. The Labute approximate surface area is 138 Å². The average molecular weight is 311 g/mol. The number of hydrogen-bond acceptors (Lipinski definition) is 5. The molecule has 0 radical (unpaired) electrons. The molecule has 0 aliphatic carbocycles. The molecule has 0 aromatic carbocycles. The Morgan fingerprint density at radius 1 is 1.17 bits per heavy atom. The summed E-state index contributed by atoms with van der Waals surface area (Å²) in [6.45, 7) is 5.03. The first-order chi connectivity index (χ1) is 11.3. The maximum Gasteiger partial charge on any atom is 0.161 e. The van der Waals surface area contributed by atoms with Crippen molar-refractivity contribution in [2.24, 2.45) is 11.7 Å². The molecule has 1 aliphatic rings. The molecule has 0 spiro atoms. The smallest absolute Gasteiger partial charge is 0.161 e. The lowest BCUT2D eigenvalue weighted by Gasteiger charge is -2.32. The van der Waals surface area contributed by atoms with E-state index in [2.05, 4.69) is 22.9 Å². The lowest BCUT2D eigenvalue weighted by Crippen LogP contribution is -2.36. The van der Waals surface area contributed by atoms with Crippen molar-refractivity contribution in [1.29, 1.82) is 0 Å². The van der Waals surface area contributed by atoms with Gasteiger partial charge in [-0.15, -0.1) is 0 Å². The predicted molar refractivity (Wildman–Crippen MR) is 93.2 cm³/mol. The molecule has 1 saturated heterocycles. The van der Waals surface area contributed by atoms with Crippen LogP contribution in [-0.4, -0.2) is 34.6 Å². The summed E-state index contributed by atoms with van der Waals surface area (Å²) in [7, 11) is 0. The molecule has 0 atom stereocenters. The molecule has 2 N–H and O–H groups in total. The quantitative estimate of drug-likeness (QED) is 0.919. The molecule has 5 heteroatoms. The highest BCUT2D eigenvalue weighted by molar-refractivity contribution is 5.57. The molecule has 1 fully saturated rings. The second-order valence-electron chi connectivity index (χ2n) is 6.19. The van der Waals surface area contributed by atoms with Crippen LogP contribution < -0.4 is 10.6 Å². The van der Waals surface area contributed by atoms with Crippen LogP contribution >= 0.6 is 0 Å². The maximum atomic E-state index is 5.80. The second-order valence-corrected chi connectivity index (χ2v) is 6.19. The van der Waals surface area contributed by atoms with Crippen molar-refractivity contribution in [2.75, 3.05) is 24.5 Å². The second kappa shape index (κ2) is 7.51. The zero-order valence-electron chi connectivity index (χ0n) is 13.8. The molecular weight excluding hydrogens is 286 g/mol. The van der Waals surface area contributed by atoms with Crippen LogP contribution in [0, 0.1) is 5.92 Å². The lowest BCUT2D eigenvalue weighted by molar-refractivity contribution is 0.413. The maximum absolute atomic E-state index is 5.80. The van der Waals surface area contributed by atoms with Crippen LogP contribution in [0.3, 0.4) is 0 Å². The van der Waals surface area contributed by atoms with Gasteiger partial charge in [0.2, 0.25) is 0 Å². The minimum Gasteiger partial charge on any atom is -0.356 e. The molecule has 1 aliphatic heterocycles. The lowest BCUT2D eigenvalue weighted by atomic mass is 9.97. The molecule has 3 heterocycles. The van der Waals surface area contributed by atoms with Crippen molar-refractivity contribution in [3.8, 4) is 11.4 Å². The minimum atomic E-state index is 0.655. The fourth-order valence-electron chi connectivity index (χ4n) is 3.06. The number of pyridine rings is 1. The van der Waals surface area contributed by atoms with Gasteiger partial charge in [-0.2, -0.15) is 0 Å². The molecule has 0 unspecified atom stereocenters. The van der Waals surface area contributed by atoms with Gasteiger partial charge in [0.05, 0.1) is 0 Å². The highest BCUT2D eigenvalue weighted by Crippen LogP contribution is 2.24. The minimum absolute atomic E-state index is 0.655. The van der Waals surface area contributed by atoms with Gasteiger partial charge in [0.1, 0.15) is 5.82 Å². The van der Waals surface area contributed by atoms with Gasteiger partial charge in [-0.1, -0.05) is 13.3 Å². The topological polar surface area (TPSA) is 67.9 Å². The summed E-state index contributed by atoms with van der Waals surface area (Å²) in [6.07, 6.45) is 7.94. The standard InChI is InChI=1S/C18H25N5/c1-2-3-16-12-17(23-10-6-14(13-19)7-11-23)22-18(21-16)15-4-8-20-9-5-15/h4-5,8-9,12,14H,2-3,6-7,10-11,13,19H2,1H3. The van der Waals surface area contributed by atoms with Crippen molar-refractivity contribution < 1.29 is 0 Å².